The molecule has 0 radical (unpaired) electrons. The maximum absolute atomic E-state index is 12.1. The molecule has 108 valence electrons. The average molecular weight is 298 g/mol. The quantitative estimate of drug-likeness (QED) is 0.670. The van der Waals surface area contributed by atoms with Crippen LogP contribution in [-0.2, 0) is 0 Å². The third-order valence-electron chi connectivity index (χ3n) is 3.34. The van der Waals surface area contributed by atoms with E-state index in [0.29, 0.717) is 24.7 Å². The Morgan fingerprint density at radius 2 is 2.30 bits per heavy atom. The first kappa shape index (κ1) is 14.6. The summed E-state index contributed by atoms with van der Waals surface area (Å²) in [5.74, 6) is 0.481. The minimum absolute atomic E-state index is 0.0552. The van der Waals surface area contributed by atoms with Gasteiger partial charge in [-0.05, 0) is 30.9 Å². The molecule has 1 aliphatic rings. The molecule has 7 heteroatoms. The number of nitro groups is 1. The van der Waals surface area contributed by atoms with Gasteiger partial charge in [0.2, 0.25) is 0 Å². The van der Waals surface area contributed by atoms with Crippen molar-refractivity contribution >= 4 is 29.0 Å². The lowest BCUT2D eigenvalue weighted by Gasteiger charge is -2.30. The molecule has 1 saturated heterocycles. The lowest BCUT2D eigenvalue weighted by molar-refractivity contribution is -0.384. The average Bonchev–Trinajstić information content (AvgIpc) is 2.40. The predicted molar refractivity (Wildman–Crippen MR) is 77.1 cm³/mol. The highest BCUT2D eigenvalue weighted by molar-refractivity contribution is 6.32. The largest absolute Gasteiger partial charge is 0.324 e. The van der Waals surface area contributed by atoms with Crippen LogP contribution in [0.2, 0.25) is 5.02 Å². The van der Waals surface area contributed by atoms with Crippen molar-refractivity contribution in [3.63, 3.8) is 0 Å². The number of carbonyl (C=O) groups excluding carboxylic acids is 1. The molecule has 1 N–H and O–H groups in total. The van der Waals surface area contributed by atoms with Gasteiger partial charge in [0.15, 0.2) is 0 Å². The van der Waals surface area contributed by atoms with Crippen LogP contribution in [0.5, 0.6) is 0 Å². The number of hydrogen-bond donors (Lipinski definition) is 1. The third-order valence-corrected chi connectivity index (χ3v) is 3.66. The summed E-state index contributed by atoms with van der Waals surface area (Å²) in [5.41, 5.74) is 0.167. The van der Waals surface area contributed by atoms with Crippen LogP contribution in [0.3, 0.4) is 0 Å². The summed E-state index contributed by atoms with van der Waals surface area (Å²) in [6.07, 6.45) is 2.10. The van der Waals surface area contributed by atoms with E-state index < -0.39 is 4.92 Å². The number of piperidine rings is 1. The number of urea groups is 1. The van der Waals surface area contributed by atoms with Crippen LogP contribution in [0.1, 0.15) is 19.8 Å². The van der Waals surface area contributed by atoms with Crippen LogP contribution >= 0.6 is 11.6 Å². The van der Waals surface area contributed by atoms with E-state index in [4.69, 9.17) is 11.6 Å². The zero-order valence-corrected chi connectivity index (χ0v) is 11.9. The van der Waals surface area contributed by atoms with E-state index in [9.17, 15) is 14.9 Å². The van der Waals surface area contributed by atoms with Crippen LogP contribution in [0, 0.1) is 16.0 Å². The van der Waals surface area contributed by atoms with E-state index in [0.717, 1.165) is 12.8 Å². The first-order chi connectivity index (χ1) is 9.47. The van der Waals surface area contributed by atoms with Crippen molar-refractivity contribution in [1.29, 1.82) is 0 Å². The highest BCUT2D eigenvalue weighted by atomic mass is 35.5. The minimum Gasteiger partial charge on any atom is -0.324 e. The molecule has 0 aromatic heterocycles. The second kappa shape index (κ2) is 6.09. The molecule has 0 saturated carbocycles. The summed E-state index contributed by atoms with van der Waals surface area (Å²) in [5, 5.41) is 13.5. The molecule has 2 amide bonds. The fourth-order valence-corrected chi connectivity index (χ4v) is 2.49. The van der Waals surface area contributed by atoms with Gasteiger partial charge in [0.25, 0.3) is 5.69 Å². The van der Waals surface area contributed by atoms with Gasteiger partial charge < -0.3 is 10.2 Å². The minimum atomic E-state index is -0.568. The van der Waals surface area contributed by atoms with Crippen molar-refractivity contribution in [1.82, 2.24) is 4.90 Å². The number of anilines is 1. The number of carbonyl (C=O) groups is 1. The Morgan fingerprint density at radius 1 is 1.55 bits per heavy atom. The SMILES string of the molecule is C[C@@H]1CCCN(C(=O)Nc2ccc(Cl)c([N+](=O)[O-])c2)C1. The molecular formula is C13H16ClN3O3. The number of benzene rings is 1. The predicted octanol–water partition coefficient (Wildman–Crippen LogP) is 3.51. The van der Waals surface area contributed by atoms with Crippen LogP contribution in [0.4, 0.5) is 16.2 Å². The normalized spacial score (nSPS) is 18.7. The molecule has 20 heavy (non-hydrogen) atoms. The van der Waals surface area contributed by atoms with E-state index in [2.05, 4.69) is 12.2 Å². The first-order valence-electron chi connectivity index (χ1n) is 6.47. The van der Waals surface area contributed by atoms with Gasteiger partial charge in [0.05, 0.1) is 4.92 Å². The summed E-state index contributed by atoms with van der Waals surface area (Å²) in [4.78, 5) is 24.1. The molecule has 1 aromatic rings. The standard InChI is InChI=1S/C13H16ClN3O3/c1-9-3-2-6-16(8-9)13(18)15-10-4-5-11(14)12(7-10)17(19)20/h4-5,7,9H,2-3,6,8H2,1H3,(H,15,18)/t9-/m1/s1. The van der Waals surface area contributed by atoms with Crippen molar-refractivity contribution in [2.24, 2.45) is 5.92 Å². The van der Waals surface area contributed by atoms with E-state index in [-0.39, 0.29) is 16.7 Å². The summed E-state index contributed by atoms with van der Waals surface area (Å²) in [6, 6.07) is 4.01. The number of nitro benzene ring substituents is 1. The topological polar surface area (TPSA) is 75.5 Å². The van der Waals surface area contributed by atoms with E-state index in [1.54, 1.807) is 11.0 Å². The Bertz CT molecular complexity index is 536. The second-order valence-corrected chi connectivity index (χ2v) is 5.45. The zero-order chi connectivity index (χ0) is 14.7. The van der Waals surface area contributed by atoms with Gasteiger partial charge in [0.1, 0.15) is 5.02 Å². The lowest BCUT2D eigenvalue weighted by Crippen LogP contribution is -2.41. The number of nitrogens with one attached hydrogen (secondary N) is 1. The van der Waals surface area contributed by atoms with Crippen molar-refractivity contribution in [3.8, 4) is 0 Å². The Labute approximate surface area is 121 Å². The van der Waals surface area contributed by atoms with Gasteiger partial charge in [-0.15, -0.1) is 0 Å². The first-order valence-corrected chi connectivity index (χ1v) is 6.85. The van der Waals surface area contributed by atoms with Crippen LogP contribution in [-0.4, -0.2) is 28.9 Å². The number of halogens is 1. The Hall–Kier alpha value is -1.82. The highest BCUT2D eigenvalue weighted by Crippen LogP contribution is 2.27. The van der Waals surface area contributed by atoms with Gasteiger partial charge in [-0.3, -0.25) is 10.1 Å². The maximum atomic E-state index is 12.1. The maximum Gasteiger partial charge on any atom is 0.321 e. The number of amides is 2. The fraction of sp³-hybridized carbons (Fsp3) is 0.462. The van der Waals surface area contributed by atoms with Gasteiger partial charge in [-0.2, -0.15) is 0 Å². The van der Waals surface area contributed by atoms with E-state index in [1.165, 1.54) is 12.1 Å². The molecule has 1 aromatic carbocycles. The molecular weight excluding hydrogens is 282 g/mol. The van der Waals surface area contributed by atoms with Gasteiger partial charge in [-0.1, -0.05) is 18.5 Å². The van der Waals surface area contributed by atoms with Crippen molar-refractivity contribution in [3.05, 3.63) is 33.3 Å². The molecule has 0 spiro atoms. The number of hydrogen-bond acceptors (Lipinski definition) is 3. The van der Waals surface area contributed by atoms with Crippen LogP contribution < -0.4 is 5.32 Å². The Balaban J connectivity index is 2.07. The summed E-state index contributed by atoms with van der Waals surface area (Å²) in [6.45, 7) is 3.53. The summed E-state index contributed by atoms with van der Waals surface area (Å²) in [7, 11) is 0. The fourth-order valence-electron chi connectivity index (χ4n) is 2.31. The molecule has 1 fully saturated rings. The Kier molecular flexibility index (Phi) is 4.44. The summed E-state index contributed by atoms with van der Waals surface area (Å²) < 4.78 is 0. The van der Waals surface area contributed by atoms with Gasteiger partial charge in [0, 0.05) is 24.8 Å². The second-order valence-electron chi connectivity index (χ2n) is 5.05. The molecule has 1 aliphatic heterocycles. The number of likely N-dealkylation sites (tertiary alicyclic amines) is 1. The zero-order valence-electron chi connectivity index (χ0n) is 11.1. The monoisotopic (exact) mass is 297 g/mol. The van der Waals surface area contributed by atoms with Crippen molar-refractivity contribution in [2.75, 3.05) is 18.4 Å². The lowest BCUT2D eigenvalue weighted by atomic mass is 10.0. The van der Waals surface area contributed by atoms with E-state index >= 15 is 0 Å². The number of nitrogens with zero attached hydrogens (tertiary/aromatic N) is 2. The van der Waals surface area contributed by atoms with Crippen molar-refractivity contribution < 1.29 is 9.72 Å². The number of rotatable bonds is 2. The molecule has 6 nitrogen and oxygen atoms in total. The Morgan fingerprint density at radius 3 is 2.95 bits per heavy atom. The van der Waals surface area contributed by atoms with E-state index in [1.807, 2.05) is 0 Å². The van der Waals surface area contributed by atoms with Gasteiger partial charge in [-0.25, -0.2) is 4.79 Å². The summed E-state index contributed by atoms with van der Waals surface area (Å²) >= 11 is 5.73. The molecule has 1 atom stereocenters. The molecule has 0 bridgehead atoms. The molecule has 2 rings (SSSR count). The molecule has 0 unspecified atom stereocenters. The van der Waals surface area contributed by atoms with Crippen molar-refractivity contribution in [2.45, 2.75) is 19.8 Å². The highest BCUT2D eigenvalue weighted by Gasteiger charge is 2.21. The smallest absolute Gasteiger partial charge is 0.321 e. The third kappa shape index (κ3) is 3.39. The van der Waals surface area contributed by atoms with Crippen LogP contribution in [0.15, 0.2) is 18.2 Å². The molecule has 1 heterocycles. The van der Waals surface area contributed by atoms with Gasteiger partial charge >= 0.3 is 6.03 Å². The molecule has 0 aliphatic carbocycles. The van der Waals surface area contributed by atoms with Crippen LogP contribution in [0.25, 0.3) is 0 Å².